The van der Waals surface area contributed by atoms with E-state index >= 15 is 0 Å². The molecule has 0 radical (unpaired) electrons. The normalized spacial score (nSPS) is 10.4. The Bertz CT molecular complexity index is 543. The van der Waals surface area contributed by atoms with Gasteiger partial charge in [0, 0.05) is 0 Å². The van der Waals surface area contributed by atoms with Crippen molar-refractivity contribution < 1.29 is 0 Å². The third-order valence-electron chi connectivity index (χ3n) is 3.57. The van der Waals surface area contributed by atoms with Gasteiger partial charge >= 0.3 is 0 Å². The lowest BCUT2D eigenvalue weighted by Gasteiger charge is -2.07. The topological polar surface area (TPSA) is 12.4 Å². The van der Waals surface area contributed by atoms with Crippen LogP contribution in [0.2, 0.25) is 0 Å². The van der Waals surface area contributed by atoms with Crippen LogP contribution in [0.1, 0.15) is 29.5 Å². The summed E-state index contributed by atoms with van der Waals surface area (Å²) in [6.07, 6.45) is 4.66. The van der Waals surface area contributed by atoms with Gasteiger partial charge in [-0.1, -0.05) is 42.5 Å². The quantitative estimate of drug-likeness (QED) is 0.512. The van der Waals surface area contributed by atoms with Gasteiger partial charge in [-0.25, -0.2) is 0 Å². The molecule has 0 atom stereocenters. The first-order chi connectivity index (χ1) is 9.31. The maximum Gasteiger partial charge on any atom is 0.0654 e. The molecular weight excluding hydrogens is 230 g/mol. The van der Waals surface area contributed by atoms with Crippen molar-refractivity contribution >= 4 is 12.4 Å². The molecule has 0 saturated heterocycles. The number of para-hydroxylation sites is 1. The van der Waals surface area contributed by atoms with Crippen molar-refractivity contribution in [1.82, 2.24) is 0 Å². The first kappa shape index (κ1) is 13.5. The smallest absolute Gasteiger partial charge is 0.0654 e. The molecular formula is C18H21N. The van der Waals surface area contributed by atoms with Crippen LogP contribution in [-0.2, 0) is 12.8 Å². The molecule has 0 heterocycles. The molecule has 0 spiro atoms. The summed E-state index contributed by atoms with van der Waals surface area (Å²) in [5, 5.41) is 0. The van der Waals surface area contributed by atoms with Gasteiger partial charge < -0.3 is 0 Å². The standard InChI is InChI=1S/C18H21N/c1-15-9-3-4-10-16(15)11-5-6-12-17-13-7-8-14-18(17)19-2/h3-4,7-10,13-14H,2,5-6,11-12H2,1H3. The summed E-state index contributed by atoms with van der Waals surface area (Å²) in [6.45, 7) is 5.82. The van der Waals surface area contributed by atoms with Crippen molar-refractivity contribution in [2.75, 3.05) is 0 Å². The zero-order valence-electron chi connectivity index (χ0n) is 11.6. The first-order valence-corrected chi connectivity index (χ1v) is 6.90. The summed E-state index contributed by atoms with van der Waals surface area (Å²) in [5.41, 5.74) is 5.20. The van der Waals surface area contributed by atoms with Crippen LogP contribution >= 0.6 is 0 Å². The van der Waals surface area contributed by atoms with Crippen LogP contribution in [0.15, 0.2) is 53.5 Å². The van der Waals surface area contributed by atoms with Crippen molar-refractivity contribution in [3.8, 4) is 0 Å². The van der Waals surface area contributed by atoms with Gasteiger partial charge in [-0.05, 0) is 62.1 Å². The Morgan fingerprint density at radius 2 is 1.42 bits per heavy atom. The van der Waals surface area contributed by atoms with Crippen LogP contribution in [0.3, 0.4) is 0 Å². The highest BCUT2D eigenvalue weighted by atomic mass is 14.7. The number of benzene rings is 2. The van der Waals surface area contributed by atoms with Crippen LogP contribution in [-0.4, -0.2) is 6.72 Å². The van der Waals surface area contributed by atoms with Gasteiger partial charge in [-0.2, -0.15) is 0 Å². The number of aliphatic imine (C=N–C) groups is 1. The van der Waals surface area contributed by atoms with E-state index in [1.807, 2.05) is 12.1 Å². The predicted molar refractivity (Wildman–Crippen MR) is 83.5 cm³/mol. The summed E-state index contributed by atoms with van der Waals surface area (Å²) in [6, 6.07) is 16.9. The Morgan fingerprint density at radius 3 is 2.11 bits per heavy atom. The predicted octanol–water partition coefficient (Wildman–Crippen LogP) is 4.89. The molecule has 0 aliphatic rings. The number of aryl methyl sites for hydroxylation is 3. The lowest BCUT2D eigenvalue weighted by molar-refractivity contribution is 0.732. The Morgan fingerprint density at radius 1 is 0.842 bits per heavy atom. The van der Waals surface area contributed by atoms with E-state index in [-0.39, 0.29) is 0 Å². The zero-order chi connectivity index (χ0) is 13.5. The van der Waals surface area contributed by atoms with E-state index in [9.17, 15) is 0 Å². The molecule has 0 unspecified atom stereocenters. The molecule has 1 heteroatoms. The van der Waals surface area contributed by atoms with Gasteiger partial charge in [-0.3, -0.25) is 4.99 Å². The van der Waals surface area contributed by atoms with Gasteiger partial charge in [0.15, 0.2) is 0 Å². The second kappa shape index (κ2) is 6.89. The maximum absolute atomic E-state index is 4.07. The summed E-state index contributed by atoms with van der Waals surface area (Å²) >= 11 is 0. The minimum atomic E-state index is 1.03. The lowest BCUT2D eigenvalue weighted by Crippen LogP contribution is -1.92. The van der Waals surface area contributed by atoms with Crippen LogP contribution in [0.4, 0.5) is 5.69 Å². The average Bonchev–Trinajstić information content (AvgIpc) is 2.45. The van der Waals surface area contributed by atoms with Crippen LogP contribution in [0, 0.1) is 6.92 Å². The molecule has 0 amide bonds. The molecule has 19 heavy (non-hydrogen) atoms. The summed E-state index contributed by atoms with van der Waals surface area (Å²) in [7, 11) is 0. The average molecular weight is 251 g/mol. The minimum absolute atomic E-state index is 1.03. The Labute approximate surface area is 116 Å². The van der Waals surface area contributed by atoms with Gasteiger partial charge in [-0.15, -0.1) is 0 Å². The third-order valence-corrected chi connectivity index (χ3v) is 3.57. The minimum Gasteiger partial charge on any atom is -0.264 e. The highest BCUT2D eigenvalue weighted by Crippen LogP contribution is 2.20. The van der Waals surface area contributed by atoms with Gasteiger partial charge in [0.05, 0.1) is 5.69 Å². The largest absolute Gasteiger partial charge is 0.264 e. The second-order valence-corrected chi connectivity index (χ2v) is 4.92. The van der Waals surface area contributed by atoms with Crippen molar-refractivity contribution in [3.63, 3.8) is 0 Å². The summed E-state index contributed by atoms with van der Waals surface area (Å²) in [5.74, 6) is 0. The van der Waals surface area contributed by atoms with E-state index in [0.29, 0.717) is 0 Å². The fourth-order valence-corrected chi connectivity index (χ4v) is 2.40. The van der Waals surface area contributed by atoms with Crippen molar-refractivity contribution in [3.05, 3.63) is 65.2 Å². The van der Waals surface area contributed by atoms with E-state index < -0.39 is 0 Å². The number of hydrogen-bond donors (Lipinski definition) is 0. The Kier molecular flexibility index (Phi) is 4.91. The summed E-state index contributed by atoms with van der Waals surface area (Å²) < 4.78 is 0. The molecule has 0 saturated carbocycles. The van der Waals surface area contributed by atoms with Gasteiger partial charge in [0.25, 0.3) is 0 Å². The monoisotopic (exact) mass is 251 g/mol. The third kappa shape index (κ3) is 3.78. The molecule has 0 fully saturated rings. The van der Waals surface area contributed by atoms with E-state index in [2.05, 4.69) is 55.0 Å². The van der Waals surface area contributed by atoms with Crippen LogP contribution < -0.4 is 0 Å². The van der Waals surface area contributed by atoms with Crippen molar-refractivity contribution in [1.29, 1.82) is 0 Å². The Balaban J connectivity index is 1.84. The second-order valence-electron chi connectivity index (χ2n) is 4.92. The SMILES string of the molecule is C=Nc1ccccc1CCCCc1ccccc1C. The highest BCUT2D eigenvalue weighted by Gasteiger charge is 2.01. The molecule has 0 aliphatic carbocycles. The van der Waals surface area contributed by atoms with E-state index in [4.69, 9.17) is 0 Å². The fourth-order valence-electron chi connectivity index (χ4n) is 2.40. The van der Waals surface area contributed by atoms with Crippen LogP contribution in [0.5, 0.6) is 0 Å². The van der Waals surface area contributed by atoms with E-state index in [1.54, 1.807) is 0 Å². The lowest BCUT2D eigenvalue weighted by atomic mass is 10.00. The van der Waals surface area contributed by atoms with Gasteiger partial charge in [0.1, 0.15) is 0 Å². The number of nitrogens with zero attached hydrogens (tertiary/aromatic N) is 1. The van der Waals surface area contributed by atoms with Crippen molar-refractivity contribution in [2.24, 2.45) is 4.99 Å². The molecule has 1 nitrogen and oxygen atoms in total. The molecule has 0 aliphatic heterocycles. The molecule has 2 aromatic rings. The first-order valence-electron chi connectivity index (χ1n) is 6.90. The fraction of sp³-hybridized carbons (Fsp3) is 0.278. The number of unbranched alkanes of at least 4 members (excludes halogenated alkanes) is 1. The number of hydrogen-bond acceptors (Lipinski definition) is 1. The molecule has 2 aromatic carbocycles. The van der Waals surface area contributed by atoms with E-state index in [0.717, 1.165) is 18.5 Å². The molecule has 98 valence electrons. The zero-order valence-corrected chi connectivity index (χ0v) is 11.6. The molecule has 0 N–H and O–H groups in total. The van der Waals surface area contributed by atoms with Crippen LogP contribution in [0.25, 0.3) is 0 Å². The van der Waals surface area contributed by atoms with Crippen molar-refractivity contribution in [2.45, 2.75) is 32.6 Å². The molecule has 0 bridgehead atoms. The number of rotatable bonds is 6. The Hall–Kier alpha value is -1.89. The summed E-state index contributed by atoms with van der Waals surface area (Å²) in [4.78, 5) is 4.07. The highest BCUT2D eigenvalue weighted by molar-refractivity contribution is 5.51. The van der Waals surface area contributed by atoms with Gasteiger partial charge in [0.2, 0.25) is 0 Å². The van der Waals surface area contributed by atoms with E-state index in [1.165, 1.54) is 29.5 Å². The molecule has 0 aromatic heterocycles. The molecule has 2 rings (SSSR count). The maximum atomic E-state index is 4.07.